The molecule has 8 heteroatoms. The minimum Gasteiger partial charge on any atom is -0.470 e. The maximum absolute atomic E-state index is 12.4. The number of ether oxygens (including phenoxy) is 1. The smallest absolute Gasteiger partial charge is 0.242 e. The number of likely N-dealkylation sites (tertiary alicyclic amines) is 1. The highest BCUT2D eigenvalue weighted by molar-refractivity contribution is 5.85. The summed E-state index contributed by atoms with van der Waals surface area (Å²) in [5, 5.41) is 0. The van der Waals surface area contributed by atoms with Gasteiger partial charge in [-0.2, -0.15) is 9.97 Å². The molecule has 0 unspecified atom stereocenters. The van der Waals surface area contributed by atoms with E-state index in [2.05, 4.69) is 9.97 Å². The number of hydrogen-bond donors (Lipinski definition) is 3. The van der Waals surface area contributed by atoms with E-state index in [0.29, 0.717) is 37.6 Å². The summed E-state index contributed by atoms with van der Waals surface area (Å²) in [6.07, 6.45) is 3.04. The van der Waals surface area contributed by atoms with Crippen molar-refractivity contribution in [3.05, 3.63) is 5.56 Å². The summed E-state index contributed by atoms with van der Waals surface area (Å²) in [6, 6.07) is 0. The number of hydrogen-bond acceptors (Lipinski definition) is 7. The van der Waals surface area contributed by atoms with Crippen molar-refractivity contribution < 1.29 is 9.53 Å². The second-order valence-corrected chi connectivity index (χ2v) is 7.08. The number of anilines is 2. The quantitative estimate of drug-likeness (QED) is 0.666. The van der Waals surface area contributed by atoms with Crippen LogP contribution < -0.4 is 21.9 Å². The first-order chi connectivity index (χ1) is 10.7. The van der Waals surface area contributed by atoms with Gasteiger partial charge in [0.05, 0.1) is 11.1 Å². The lowest BCUT2D eigenvalue weighted by Gasteiger charge is -2.29. The number of rotatable bonds is 1. The summed E-state index contributed by atoms with van der Waals surface area (Å²) in [5.74, 6) is 0.945. The fourth-order valence-corrected chi connectivity index (χ4v) is 3.37. The van der Waals surface area contributed by atoms with E-state index in [1.807, 2.05) is 4.90 Å². The number of aromatic nitrogens is 2. The van der Waals surface area contributed by atoms with E-state index < -0.39 is 5.54 Å². The highest BCUT2D eigenvalue weighted by Gasteiger charge is 2.44. The van der Waals surface area contributed by atoms with Crippen molar-refractivity contribution in [2.45, 2.75) is 50.7 Å². The van der Waals surface area contributed by atoms with Crippen LogP contribution in [0, 0.1) is 0 Å². The number of nitrogen functional groups attached to an aromatic ring is 2. The fraction of sp³-hybridized carbons (Fsp3) is 0.667. The lowest BCUT2D eigenvalue weighted by atomic mass is 9.90. The summed E-state index contributed by atoms with van der Waals surface area (Å²) < 4.78 is 6.11. The van der Waals surface area contributed by atoms with E-state index in [1.54, 1.807) is 13.8 Å². The second kappa shape index (κ2) is 5.23. The predicted octanol–water partition coefficient (Wildman–Crippen LogP) is 0.0645. The van der Waals surface area contributed by atoms with Gasteiger partial charge in [0.1, 0.15) is 11.4 Å². The van der Waals surface area contributed by atoms with Crippen LogP contribution in [0.1, 0.15) is 38.7 Å². The highest BCUT2D eigenvalue weighted by atomic mass is 16.5. The largest absolute Gasteiger partial charge is 0.470 e. The number of fused-ring (bicyclic) bond motifs is 1. The zero-order valence-electron chi connectivity index (χ0n) is 13.6. The van der Waals surface area contributed by atoms with Crippen molar-refractivity contribution in [3.8, 4) is 5.88 Å². The molecule has 1 atom stereocenters. The SMILES string of the molecule is CC(C)(N)C(=O)N1CCC[C@@]2(CC1)Cc1c(N)nc(N)nc1O2. The Kier molecular flexibility index (Phi) is 3.59. The molecule has 1 spiro atoms. The van der Waals surface area contributed by atoms with E-state index in [4.69, 9.17) is 21.9 Å². The van der Waals surface area contributed by atoms with E-state index in [1.165, 1.54) is 0 Å². The van der Waals surface area contributed by atoms with Crippen molar-refractivity contribution in [1.82, 2.24) is 14.9 Å². The Bertz CT molecular complexity index is 642. The van der Waals surface area contributed by atoms with Gasteiger partial charge in [-0.1, -0.05) is 0 Å². The zero-order valence-corrected chi connectivity index (χ0v) is 13.6. The number of nitrogens with two attached hydrogens (primary N) is 3. The van der Waals surface area contributed by atoms with Gasteiger partial charge in [-0.3, -0.25) is 4.79 Å². The third-order valence-electron chi connectivity index (χ3n) is 4.57. The maximum Gasteiger partial charge on any atom is 0.242 e. The molecule has 1 fully saturated rings. The Hall–Kier alpha value is -2.09. The van der Waals surface area contributed by atoms with Crippen LogP contribution in [-0.2, 0) is 11.2 Å². The fourth-order valence-electron chi connectivity index (χ4n) is 3.37. The Balaban J connectivity index is 1.77. The summed E-state index contributed by atoms with van der Waals surface area (Å²) in [7, 11) is 0. The molecular formula is C15H24N6O2. The van der Waals surface area contributed by atoms with Crippen LogP contribution in [0.25, 0.3) is 0 Å². The molecule has 8 nitrogen and oxygen atoms in total. The van der Waals surface area contributed by atoms with Crippen LogP contribution in [-0.4, -0.2) is 45.0 Å². The van der Waals surface area contributed by atoms with Crippen LogP contribution >= 0.6 is 0 Å². The van der Waals surface area contributed by atoms with E-state index >= 15 is 0 Å². The molecule has 126 valence electrons. The number of carbonyl (C=O) groups excluding carboxylic acids is 1. The highest BCUT2D eigenvalue weighted by Crippen LogP contribution is 2.42. The van der Waals surface area contributed by atoms with Gasteiger partial charge in [0, 0.05) is 25.9 Å². The van der Waals surface area contributed by atoms with Gasteiger partial charge in [0.2, 0.25) is 17.7 Å². The topological polar surface area (TPSA) is 133 Å². The van der Waals surface area contributed by atoms with Gasteiger partial charge < -0.3 is 26.8 Å². The molecule has 23 heavy (non-hydrogen) atoms. The van der Waals surface area contributed by atoms with Crippen molar-refractivity contribution in [2.24, 2.45) is 5.73 Å². The molecule has 3 rings (SSSR count). The zero-order chi connectivity index (χ0) is 16.8. The molecule has 2 aliphatic heterocycles. The average Bonchev–Trinajstić information content (AvgIpc) is 2.67. The van der Waals surface area contributed by atoms with E-state index in [-0.39, 0.29) is 17.5 Å². The summed E-state index contributed by atoms with van der Waals surface area (Å²) in [5.41, 5.74) is 17.1. The Morgan fingerprint density at radius 3 is 2.70 bits per heavy atom. The maximum atomic E-state index is 12.4. The van der Waals surface area contributed by atoms with Crippen molar-refractivity contribution in [2.75, 3.05) is 24.6 Å². The summed E-state index contributed by atoms with van der Waals surface area (Å²) in [4.78, 5) is 22.4. The molecule has 1 aromatic rings. The monoisotopic (exact) mass is 320 g/mol. The van der Waals surface area contributed by atoms with Crippen LogP contribution in [0.5, 0.6) is 5.88 Å². The first-order valence-corrected chi connectivity index (χ1v) is 7.89. The molecular weight excluding hydrogens is 296 g/mol. The van der Waals surface area contributed by atoms with Crippen molar-refractivity contribution in [1.29, 1.82) is 0 Å². The lowest BCUT2D eigenvalue weighted by molar-refractivity contribution is -0.135. The molecule has 2 aliphatic rings. The second-order valence-electron chi connectivity index (χ2n) is 7.08. The molecule has 0 saturated carbocycles. The average molecular weight is 320 g/mol. The van der Waals surface area contributed by atoms with Gasteiger partial charge in [-0.05, 0) is 26.7 Å². The Morgan fingerprint density at radius 1 is 1.26 bits per heavy atom. The number of nitrogens with zero attached hydrogens (tertiary/aromatic N) is 3. The Labute approximate surface area is 135 Å². The summed E-state index contributed by atoms with van der Waals surface area (Å²) in [6.45, 7) is 4.76. The van der Waals surface area contributed by atoms with Crippen molar-refractivity contribution >= 4 is 17.7 Å². The van der Waals surface area contributed by atoms with E-state index in [0.717, 1.165) is 18.4 Å². The van der Waals surface area contributed by atoms with E-state index in [9.17, 15) is 4.79 Å². The molecule has 3 heterocycles. The van der Waals surface area contributed by atoms with Gasteiger partial charge in [-0.25, -0.2) is 0 Å². The molecule has 1 saturated heterocycles. The standard InChI is InChI=1S/C15H24N6O2/c1-14(2,18)12(22)21-6-3-4-15(5-7-21)8-9-10(16)19-13(17)20-11(9)23-15/h3-8,18H2,1-2H3,(H4,16,17,19,20)/t15-/m1/s1. The van der Waals surface area contributed by atoms with Crippen LogP contribution in [0.3, 0.4) is 0 Å². The van der Waals surface area contributed by atoms with Crippen molar-refractivity contribution in [3.63, 3.8) is 0 Å². The van der Waals surface area contributed by atoms with Crippen LogP contribution in [0.4, 0.5) is 11.8 Å². The molecule has 1 amide bonds. The summed E-state index contributed by atoms with van der Waals surface area (Å²) >= 11 is 0. The molecule has 6 N–H and O–H groups in total. The third kappa shape index (κ3) is 2.90. The van der Waals surface area contributed by atoms with Gasteiger partial charge in [0.25, 0.3) is 0 Å². The van der Waals surface area contributed by atoms with Gasteiger partial charge >= 0.3 is 0 Å². The lowest BCUT2D eigenvalue weighted by Crippen LogP contribution is -2.51. The third-order valence-corrected chi connectivity index (χ3v) is 4.57. The minimum atomic E-state index is -0.860. The molecule has 0 radical (unpaired) electrons. The van der Waals surface area contributed by atoms with Crippen LogP contribution in [0.15, 0.2) is 0 Å². The first kappa shape index (κ1) is 15.8. The molecule has 0 aromatic carbocycles. The van der Waals surface area contributed by atoms with Gasteiger partial charge in [0.15, 0.2) is 0 Å². The normalized spacial score (nSPS) is 24.2. The molecule has 0 bridgehead atoms. The predicted molar refractivity (Wildman–Crippen MR) is 86.6 cm³/mol. The minimum absolute atomic E-state index is 0.0337. The number of amides is 1. The molecule has 0 aliphatic carbocycles. The van der Waals surface area contributed by atoms with Gasteiger partial charge in [-0.15, -0.1) is 0 Å². The van der Waals surface area contributed by atoms with Crippen LogP contribution in [0.2, 0.25) is 0 Å². The Morgan fingerprint density at radius 2 is 2.00 bits per heavy atom. The number of carbonyl (C=O) groups is 1. The molecule has 1 aromatic heterocycles. The first-order valence-electron chi connectivity index (χ1n) is 7.89.